The van der Waals surface area contributed by atoms with Gasteiger partial charge in [-0.25, -0.2) is 0 Å². The Labute approximate surface area is 399 Å². The maximum absolute atomic E-state index is 5.32. The largest absolute Gasteiger partial charge is 0.260 e. The van der Waals surface area contributed by atoms with Gasteiger partial charge in [-0.2, -0.15) is 0 Å². The first-order chi connectivity index (χ1) is 33.6. The summed E-state index contributed by atoms with van der Waals surface area (Å²) in [4.78, 5) is 26.3. The number of hydrogen-bond acceptors (Lipinski definition) is 5. The Hall–Kier alpha value is -6.85. The molecular formula is C63H57N5. The second-order valence-electron chi connectivity index (χ2n) is 20.9. The molecule has 0 bridgehead atoms. The zero-order chi connectivity index (χ0) is 45.0. The monoisotopic (exact) mass is 883 g/mol. The van der Waals surface area contributed by atoms with Gasteiger partial charge < -0.3 is 0 Å². The molecule has 0 aliphatic heterocycles. The number of hydrogen-bond donors (Lipinski definition) is 0. The van der Waals surface area contributed by atoms with E-state index in [1.54, 1.807) is 0 Å². The third-order valence-electron chi connectivity index (χ3n) is 17.0. The third-order valence-corrected chi connectivity index (χ3v) is 17.0. The predicted octanol–water partition coefficient (Wildman–Crippen LogP) is 15.7. The van der Waals surface area contributed by atoms with Crippen molar-refractivity contribution in [1.82, 2.24) is 24.9 Å². The van der Waals surface area contributed by atoms with E-state index in [-0.39, 0.29) is 0 Å². The zero-order valence-corrected chi connectivity index (χ0v) is 38.6. The zero-order valence-electron chi connectivity index (χ0n) is 38.6. The van der Waals surface area contributed by atoms with Gasteiger partial charge in [-0.05, 0) is 139 Å². The number of nitrogens with zero attached hydrogens (tertiary/aromatic N) is 5. The molecule has 5 aromatic carbocycles. The Morgan fingerprint density at radius 3 is 0.647 bits per heavy atom. The number of pyridine rings is 5. The minimum absolute atomic E-state index is 0.357. The van der Waals surface area contributed by atoms with Crippen LogP contribution in [0.2, 0.25) is 0 Å². The van der Waals surface area contributed by atoms with Gasteiger partial charge in [-0.1, -0.05) is 121 Å². The van der Waals surface area contributed by atoms with Crippen LogP contribution in [0.4, 0.5) is 0 Å². The Morgan fingerprint density at radius 1 is 0.221 bits per heavy atom. The SMILES string of the molecule is c1ccc2cc(C3CC(c4cc5ccccc5cn4)CC(C4CC(c5cc6ccccc6cn5)CC(C5CC(c6cc7ccccc7cn6)CC(c6cc7ccccc7cn6)C5)C4)C3)ncc2c1. The lowest BCUT2D eigenvalue weighted by molar-refractivity contribution is 0.0794. The minimum Gasteiger partial charge on any atom is -0.260 e. The first-order valence-corrected chi connectivity index (χ1v) is 25.3. The molecule has 3 fully saturated rings. The van der Waals surface area contributed by atoms with Crippen LogP contribution in [0.15, 0.2) is 183 Å². The van der Waals surface area contributed by atoms with Crippen LogP contribution in [-0.2, 0) is 0 Å². The molecule has 0 spiro atoms. The fraction of sp³-hybridized carbons (Fsp3) is 0.286. The molecule has 6 atom stereocenters. The van der Waals surface area contributed by atoms with Crippen molar-refractivity contribution >= 4 is 53.9 Å². The highest BCUT2D eigenvalue weighted by Crippen LogP contribution is 2.56. The van der Waals surface area contributed by atoms with E-state index in [9.17, 15) is 0 Å². The van der Waals surface area contributed by atoms with Crippen LogP contribution < -0.4 is 0 Å². The summed E-state index contributed by atoms with van der Waals surface area (Å²) in [6.07, 6.45) is 20.9. The van der Waals surface area contributed by atoms with Gasteiger partial charge in [-0.3, -0.25) is 24.9 Å². The molecule has 13 rings (SSSR count). The summed E-state index contributed by atoms with van der Waals surface area (Å²) in [7, 11) is 0. The first-order valence-electron chi connectivity index (χ1n) is 25.3. The highest BCUT2D eigenvalue weighted by atomic mass is 14.7. The van der Waals surface area contributed by atoms with Crippen molar-refractivity contribution in [2.45, 2.75) is 87.4 Å². The van der Waals surface area contributed by atoms with Crippen molar-refractivity contribution in [3.05, 3.63) is 211 Å². The number of aromatic nitrogens is 5. The third kappa shape index (κ3) is 8.10. The lowest BCUT2D eigenvalue weighted by atomic mass is 9.58. The van der Waals surface area contributed by atoms with Crippen molar-refractivity contribution in [1.29, 1.82) is 0 Å². The number of fused-ring (bicyclic) bond motifs is 5. The van der Waals surface area contributed by atoms with Gasteiger partial charge in [0.05, 0.1) is 0 Å². The summed E-state index contributed by atoms with van der Waals surface area (Å²) in [6, 6.07) is 55.6. The molecular weight excluding hydrogens is 827 g/mol. The Balaban J connectivity index is 0.891. The molecule has 5 heterocycles. The van der Waals surface area contributed by atoms with Crippen LogP contribution in [0.1, 0.15) is 116 Å². The number of benzene rings is 5. The van der Waals surface area contributed by atoms with E-state index in [2.05, 4.69) is 183 Å². The topological polar surface area (TPSA) is 64.5 Å². The van der Waals surface area contributed by atoms with E-state index in [0.29, 0.717) is 53.3 Å². The summed E-state index contributed by atoms with van der Waals surface area (Å²) < 4.78 is 0. The molecule has 10 aromatic rings. The standard InChI is InChI=1S/C63H57N5/c1-6-16-45-35-64-59(30-40(45)11-1)54-22-50(52-24-55(60-31-41-12-2-7-17-46(41)36-65-60)28-56(25-52)61-32-42-13-3-8-18-47(42)37-66-61)21-51(23-54)53-26-57(62-33-43-14-4-9-19-48(43)38-67-62)29-58(27-53)63-34-44-15-5-10-20-49(44)39-68-63/h1-20,30-39,50-58H,21-29H2. The molecule has 0 radical (unpaired) electrons. The maximum atomic E-state index is 5.32. The van der Waals surface area contributed by atoms with E-state index >= 15 is 0 Å². The molecule has 68 heavy (non-hydrogen) atoms. The van der Waals surface area contributed by atoms with Crippen molar-refractivity contribution < 1.29 is 0 Å². The number of rotatable bonds is 7. The lowest BCUT2D eigenvalue weighted by Gasteiger charge is -2.47. The molecule has 3 saturated carbocycles. The summed E-state index contributed by atoms with van der Waals surface area (Å²) in [5.74, 6) is 3.98. The molecule has 5 nitrogen and oxygen atoms in total. The van der Waals surface area contributed by atoms with E-state index in [1.807, 2.05) is 0 Å². The second-order valence-corrected chi connectivity index (χ2v) is 20.9. The van der Waals surface area contributed by atoms with Crippen molar-refractivity contribution in [3.63, 3.8) is 0 Å². The van der Waals surface area contributed by atoms with Crippen LogP contribution in [0.5, 0.6) is 0 Å². The highest BCUT2D eigenvalue weighted by Gasteiger charge is 2.44. The van der Waals surface area contributed by atoms with Crippen LogP contribution in [-0.4, -0.2) is 24.9 Å². The van der Waals surface area contributed by atoms with E-state index in [0.717, 1.165) is 38.5 Å². The summed E-state index contributed by atoms with van der Waals surface area (Å²) in [6.45, 7) is 0. The lowest BCUT2D eigenvalue weighted by Crippen LogP contribution is -2.36. The average Bonchev–Trinajstić information content (AvgIpc) is 3.42. The average molecular weight is 884 g/mol. The van der Waals surface area contributed by atoms with Gasteiger partial charge in [0.2, 0.25) is 0 Å². The van der Waals surface area contributed by atoms with Gasteiger partial charge >= 0.3 is 0 Å². The predicted molar refractivity (Wildman–Crippen MR) is 278 cm³/mol. The van der Waals surface area contributed by atoms with Crippen LogP contribution in [0.25, 0.3) is 53.9 Å². The van der Waals surface area contributed by atoms with Gasteiger partial charge in [0.1, 0.15) is 0 Å². The Kier molecular flexibility index (Phi) is 10.7. The van der Waals surface area contributed by atoms with Crippen LogP contribution in [0.3, 0.4) is 0 Å². The Morgan fingerprint density at radius 2 is 0.412 bits per heavy atom. The summed E-state index contributed by atoms with van der Waals surface area (Å²) in [5.41, 5.74) is 6.23. The van der Waals surface area contributed by atoms with Gasteiger partial charge in [0, 0.05) is 116 Å². The van der Waals surface area contributed by atoms with E-state index < -0.39 is 0 Å². The van der Waals surface area contributed by atoms with Crippen LogP contribution >= 0.6 is 0 Å². The molecule has 6 unspecified atom stereocenters. The van der Waals surface area contributed by atoms with Crippen molar-refractivity contribution in [3.8, 4) is 0 Å². The quantitative estimate of drug-likeness (QED) is 0.160. The Bertz CT molecular complexity index is 3090. The molecule has 5 heteroatoms. The molecule has 0 saturated heterocycles. The van der Waals surface area contributed by atoms with E-state index in [4.69, 9.17) is 24.9 Å². The fourth-order valence-electron chi connectivity index (χ4n) is 13.5. The normalized spacial score (nSPS) is 25.6. The smallest absolute Gasteiger partial charge is 0.0441 e. The minimum atomic E-state index is 0.357. The van der Waals surface area contributed by atoms with Gasteiger partial charge in [-0.15, -0.1) is 0 Å². The van der Waals surface area contributed by atoms with E-state index in [1.165, 1.54) is 102 Å². The van der Waals surface area contributed by atoms with Crippen molar-refractivity contribution in [2.24, 2.45) is 23.7 Å². The fourth-order valence-corrected chi connectivity index (χ4v) is 13.5. The molecule has 0 N–H and O–H groups in total. The van der Waals surface area contributed by atoms with Crippen molar-refractivity contribution in [2.75, 3.05) is 0 Å². The molecule has 0 amide bonds. The molecule has 3 aliphatic carbocycles. The molecule has 334 valence electrons. The highest BCUT2D eigenvalue weighted by molar-refractivity contribution is 5.85. The maximum Gasteiger partial charge on any atom is 0.0441 e. The molecule has 3 aliphatic rings. The van der Waals surface area contributed by atoms with Crippen LogP contribution in [0, 0.1) is 23.7 Å². The second kappa shape index (κ2) is 17.7. The van der Waals surface area contributed by atoms with Gasteiger partial charge in [0.15, 0.2) is 0 Å². The summed E-state index contributed by atoms with van der Waals surface area (Å²) >= 11 is 0. The summed E-state index contributed by atoms with van der Waals surface area (Å²) in [5, 5.41) is 12.5. The van der Waals surface area contributed by atoms with Gasteiger partial charge in [0.25, 0.3) is 0 Å². The first kappa shape index (κ1) is 41.3. The molecule has 5 aromatic heterocycles.